The molecule has 0 aliphatic carbocycles. The van der Waals surface area contributed by atoms with Gasteiger partial charge in [0.25, 0.3) is 0 Å². The van der Waals surface area contributed by atoms with E-state index in [2.05, 4.69) is 17.6 Å². The summed E-state index contributed by atoms with van der Waals surface area (Å²) in [5.41, 5.74) is 0.841. The average molecular weight is 278 g/mol. The molecule has 1 aromatic rings. The molecule has 0 radical (unpaired) electrons. The molecule has 0 fully saturated rings. The molecular weight excluding hydrogens is 252 g/mol. The minimum atomic E-state index is -0.270. The molecule has 20 heavy (non-hydrogen) atoms. The molecule has 4 heteroatoms. The molecule has 1 aromatic carbocycles. The molecule has 0 saturated heterocycles. The average Bonchev–Trinajstić information content (AvgIpc) is 2.34. The second kappa shape index (κ2) is 6.75. The number of rotatable bonds is 5. The van der Waals surface area contributed by atoms with Crippen LogP contribution in [0.2, 0.25) is 0 Å². The number of carbonyl (C=O) groups is 1. The first-order valence-corrected chi connectivity index (χ1v) is 7.10. The van der Waals surface area contributed by atoms with Gasteiger partial charge in [0.1, 0.15) is 5.75 Å². The minimum Gasteiger partial charge on any atom is -0.508 e. The van der Waals surface area contributed by atoms with E-state index in [0.717, 1.165) is 12.0 Å². The van der Waals surface area contributed by atoms with Crippen LogP contribution in [-0.2, 0) is 4.79 Å². The maximum atomic E-state index is 12.1. The quantitative estimate of drug-likeness (QED) is 0.776. The molecule has 0 spiro atoms. The second-order valence-electron chi connectivity index (χ2n) is 6.18. The Labute approximate surface area is 121 Å². The van der Waals surface area contributed by atoms with Crippen molar-refractivity contribution in [3.05, 3.63) is 29.8 Å². The Morgan fingerprint density at radius 3 is 2.25 bits per heavy atom. The molecule has 0 saturated carbocycles. The number of hydrogen-bond acceptors (Lipinski definition) is 3. The first-order chi connectivity index (χ1) is 9.23. The van der Waals surface area contributed by atoms with Crippen molar-refractivity contribution in [1.82, 2.24) is 10.6 Å². The van der Waals surface area contributed by atoms with Gasteiger partial charge in [0.2, 0.25) is 5.91 Å². The van der Waals surface area contributed by atoms with E-state index in [1.165, 1.54) is 0 Å². The van der Waals surface area contributed by atoms with E-state index >= 15 is 0 Å². The zero-order valence-electron chi connectivity index (χ0n) is 13.0. The van der Waals surface area contributed by atoms with E-state index in [-0.39, 0.29) is 29.3 Å². The molecule has 0 aromatic heterocycles. The van der Waals surface area contributed by atoms with Gasteiger partial charge in [0.15, 0.2) is 0 Å². The highest BCUT2D eigenvalue weighted by Gasteiger charge is 2.21. The van der Waals surface area contributed by atoms with Gasteiger partial charge >= 0.3 is 0 Å². The number of benzene rings is 1. The number of hydrogen-bond donors (Lipinski definition) is 3. The molecule has 0 aliphatic rings. The Morgan fingerprint density at radius 2 is 1.80 bits per heavy atom. The Bertz CT molecular complexity index is 435. The van der Waals surface area contributed by atoms with Crippen LogP contribution < -0.4 is 10.6 Å². The molecule has 4 nitrogen and oxygen atoms in total. The van der Waals surface area contributed by atoms with Crippen LogP contribution in [0.4, 0.5) is 0 Å². The maximum Gasteiger partial charge on any atom is 0.237 e. The van der Waals surface area contributed by atoms with E-state index in [9.17, 15) is 9.90 Å². The van der Waals surface area contributed by atoms with Crippen molar-refractivity contribution in [3.63, 3.8) is 0 Å². The summed E-state index contributed by atoms with van der Waals surface area (Å²) >= 11 is 0. The third kappa shape index (κ3) is 5.21. The number of carbonyl (C=O) groups excluding carboxylic acids is 1. The largest absolute Gasteiger partial charge is 0.508 e. The standard InChI is InChI=1S/C16H26N2O2/c1-6-14(12-7-9-13(19)10-8-12)17-11(2)15(20)18-16(3,4)5/h7-11,14,17,19H,6H2,1-5H3,(H,18,20). The third-order valence-electron chi connectivity index (χ3n) is 3.05. The van der Waals surface area contributed by atoms with Gasteiger partial charge in [-0.05, 0) is 51.8 Å². The van der Waals surface area contributed by atoms with Crippen LogP contribution in [0, 0.1) is 0 Å². The maximum absolute atomic E-state index is 12.1. The summed E-state index contributed by atoms with van der Waals surface area (Å²) in [6.07, 6.45) is 0.873. The monoisotopic (exact) mass is 278 g/mol. The van der Waals surface area contributed by atoms with E-state index in [1.807, 2.05) is 39.8 Å². The van der Waals surface area contributed by atoms with Gasteiger partial charge in [0.05, 0.1) is 6.04 Å². The molecule has 2 unspecified atom stereocenters. The molecule has 0 aliphatic heterocycles. The molecule has 1 rings (SSSR count). The normalized spacial score (nSPS) is 14.7. The van der Waals surface area contributed by atoms with Gasteiger partial charge < -0.3 is 10.4 Å². The second-order valence-corrected chi connectivity index (χ2v) is 6.18. The Morgan fingerprint density at radius 1 is 1.25 bits per heavy atom. The zero-order chi connectivity index (χ0) is 15.3. The highest BCUT2D eigenvalue weighted by molar-refractivity contribution is 5.82. The molecule has 1 amide bonds. The lowest BCUT2D eigenvalue weighted by Crippen LogP contribution is -2.50. The fourth-order valence-corrected chi connectivity index (χ4v) is 2.01. The molecule has 112 valence electrons. The van der Waals surface area contributed by atoms with Crippen LogP contribution in [0.5, 0.6) is 5.75 Å². The lowest BCUT2D eigenvalue weighted by Gasteiger charge is -2.26. The Kier molecular flexibility index (Phi) is 5.57. The fraction of sp³-hybridized carbons (Fsp3) is 0.562. The summed E-state index contributed by atoms with van der Waals surface area (Å²) < 4.78 is 0. The Balaban J connectivity index is 2.68. The lowest BCUT2D eigenvalue weighted by molar-refractivity contribution is -0.124. The highest BCUT2D eigenvalue weighted by atomic mass is 16.3. The van der Waals surface area contributed by atoms with E-state index in [4.69, 9.17) is 0 Å². The van der Waals surface area contributed by atoms with Crippen LogP contribution in [0.25, 0.3) is 0 Å². The fourth-order valence-electron chi connectivity index (χ4n) is 2.01. The lowest BCUT2D eigenvalue weighted by atomic mass is 10.0. The minimum absolute atomic E-state index is 0.00488. The predicted molar refractivity (Wildman–Crippen MR) is 81.6 cm³/mol. The molecule has 2 atom stereocenters. The van der Waals surface area contributed by atoms with Crippen LogP contribution in [0.15, 0.2) is 24.3 Å². The van der Waals surface area contributed by atoms with Crippen LogP contribution in [0.1, 0.15) is 52.6 Å². The number of amides is 1. The molecule has 3 N–H and O–H groups in total. The third-order valence-corrected chi connectivity index (χ3v) is 3.05. The van der Waals surface area contributed by atoms with Crippen molar-refractivity contribution in [2.45, 2.75) is 58.7 Å². The predicted octanol–water partition coefficient (Wildman–Crippen LogP) is 2.74. The molecule has 0 bridgehead atoms. The summed E-state index contributed by atoms with van der Waals surface area (Å²) in [6, 6.07) is 6.92. The van der Waals surface area contributed by atoms with Crippen molar-refractivity contribution < 1.29 is 9.90 Å². The van der Waals surface area contributed by atoms with Gasteiger partial charge in [-0.3, -0.25) is 10.1 Å². The van der Waals surface area contributed by atoms with Gasteiger partial charge in [-0.15, -0.1) is 0 Å². The number of phenolic OH excluding ortho intramolecular Hbond substituents is 1. The molecular formula is C16H26N2O2. The van der Waals surface area contributed by atoms with E-state index in [0.29, 0.717) is 0 Å². The van der Waals surface area contributed by atoms with Crippen molar-refractivity contribution in [2.75, 3.05) is 0 Å². The topological polar surface area (TPSA) is 61.4 Å². The summed E-state index contributed by atoms with van der Waals surface area (Å²) in [5.74, 6) is 0.247. The van der Waals surface area contributed by atoms with Crippen LogP contribution in [-0.4, -0.2) is 22.6 Å². The summed E-state index contributed by atoms with van der Waals surface area (Å²) in [6.45, 7) is 9.84. The van der Waals surface area contributed by atoms with Crippen LogP contribution >= 0.6 is 0 Å². The van der Waals surface area contributed by atoms with Crippen molar-refractivity contribution >= 4 is 5.91 Å². The summed E-state index contributed by atoms with van der Waals surface area (Å²) in [5, 5.41) is 15.6. The molecule has 0 heterocycles. The van der Waals surface area contributed by atoms with Crippen LogP contribution in [0.3, 0.4) is 0 Å². The summed E-state index contributed by atoms with van der Waals surface area (Å²) in [4.78, 5) is 12.1. The van der Waals surface area contributed by atoms with Gasteiger partial charge in [-0.25, -0.2) is 0 Å². The highest BCUT2D eigenvalue weighted by Crippen LogP contribution is 2.20. The van der Waals surface area contributed by atoms with Crippen molar-refractivity contribution in [1.29, 1.82) is 0 Å². The van der Waals surface area contributed by atoms with E-state index in [1.54, 1.807) is 12.1 Å². The Hall–Kier alpha value is -1.55. The first kappa shape index (κ1) is 16.5. The van der Waals surface area contributed by atoms with Crippen molar-refractivity contribution in [3.8, 4) is 5.75 Å². The SMILES string of the molecule is CCC(NC(C)C(=O)NC(C)(C)C)c1ccc(O)cc1. The smallest absolute Gasteiger partial charge is 0.237 e. The van der Waals surface area contributed by atoms with Crippen molar-refractivity contribution in [2.24, 2.45) is 0 Å². The summed E-state index contributed by atoms with van der Waals surface area (Å²) in [7, 11) is 0. The zero-order valence-corrected chi connectivity index (χ0v) is 13.0. The number of phenols is 1. The number of nitrogens with one attached hydrogen (secondary N) is 2. The van der Waals surface area contributed by atoms with Gasteiger partial charge in [-0.1, -0.05) is 19.1 Å². The number of aromatic hydroxyl groups is 1. The van der Waals surface area contributed by atoms with Gasteiger partial charge in [0, 0.05) is 11.6 Å². The van der Waals surface area contributed by atoms with Gasteiger partial charge in [-0.2, -0.15) is 0 Å². The first-order valence-electron chi connectivity index (χ1n) is 7.10. The van der Waals surface area contributed by atoms with E-state index < -0.39 is 0 Å².